The highest BCUT2D eigenvalue weighted by atomic mass is 16.3. The number of carbonyl (C=O) groups is 13. The molecule has 0 aliphatic heterocycles. The molecular weight excluding hydrogens is 1270 g/mol. The maximum absolute atomic E-state index is 14.4. The van der Waals surface area contributed by atoms with Crippen LogP contribution in [-0.2, 0) is 83.2 Å². The summed E-state index contributed by atoms with van der Waals surface area (Å²) in [7, 11) is 1.53. The predicted octanol–water partition coefficient (Wildman–Crippen LogP) is -4.03. The number of aromatic amines is 1. The number of phenols is 1. The average Bonchev–Trinajstić information content (AvgIpc) is 1.65. The zero-order chi connectivity index (χ0) is 72.0. The van der Waals surface area contributed by atoms with Gasteiger partial charge in [-0.2, -0.15) is 0 Å². The molecule has 0 aliphatic carbocycles. The Morgan fingerprint density at radius 3 is 1.54 bits per heavy atom. The van der Waals surface area contributed by atoms with Crippen molar-refractivity contribution in [3.8, 4) is 5.75 Å². The number of primary amides is 3. The van der Waals surface area contributed by atoms with Gasteiger partial charge in [-0.05, 0) is 72.1 Å². The van der Waals surface area contributed by atoms with E-state index in [1.54, 1.807) is 98.8 Å². The SMILES string of the molecule is CNC(=N)NCCC[C@H](NC(=O)[C@H](CC(C)C)NC(=O)CNC(=O)NC(=O)[C@H](Cc1ccccc1)NC(=O)[C@H](CO)NC(=O)[C@H](CC(N)=O)NC(=O)[C@H](Cc1c[nH]c2ccccc12)NC(=O)[C@H](CC(N)=O)NC(=O)[C@H](N)Cc1ccc(O)cc1)C(=O)N[C@@H](Cc1ccccc1)C(N)=O. The van der Waals surface area contributed by atoms with E-state index in [9.17, 15) is 72.5 Å². The molecule has 0 spiro atoms. The van der Waals surface area contributed by atoms with Crippen molar-refractivity contribution in [2.24, 2.45) is 28.9 Å². The lowest BCUT2D eigenvalue weighted by atomic mass is 10.0. The lowest BCUT2D eigenvalue weighted by Crippen LogP contribution is -2.61. The van der Waals surface area contributed by atoms with Crippen molar-refractivity contribution in [3.63, 3.8) is 0 Å². The monoisotopic (exact) mass is 1360 g/mol. The van der Waals surface area contributed by atoms with E-state index in [0.29, 0.717) is 33.2 Å². The van der Waals surface area contributed by atoms with Gasteiger partial charge in [-0.1, -0.05) is 105 Å². The second-order valence-corrected chi connectivity index (χ2v) is 23.4. The third-order valence-electron chi connectivity index (χ3n) is 15.1. The number of imide groups is 1. The number of hydrogen-bond acceptors (Lipinski definition) is 17. The summed E-state index contributed by atoms with van der Waals surface area (Å²) in [6, 6.07) is 14.3. The second kappa shape index (κ2) is 38.8. The number of aliphatic hydroxyl groups excluding tert-OH is 1. The lowest BCUT2D eigenvalue weighted by Gasteiger charge is -2.26. The highest BCUT2D eigenvalue weighted by Crippen LogP contribution is 2.20. The first-order valence-electron chi connectivity index (χ1n) is 31.3. The van der Waals surface area contributed by atoms with Gasteiger partial charge < -0.3 is 96.6 Å². The number of aromatic hydroxyl groups is 1. The van der Waals surface area contributed by atoms with E-state index in [0.717, 1.165) is 0 Å². The summed E-state index contributed by atoms with van der Waals surface area (Å²) < 4.78 is 0. The Kier molecular flexibility index (Phi) is 30.6. The number of benzene rings is 4. The van der Waals surface area contributed by atoms with Gasteiger partial charge in [-0.3, -0.25) is 68.3 Å². The summed E-state index contributed by atoms with van der Waals surface area (Å²) in [6.07, 6.45) is -0.535. The van der Waals surface area contributed by atoms with E-state index in [2.05, 4.69) is 63.5 Å². The summed E-state index contributed by atoms with van der Waals surface area (Å²) in [5.41, 5.74) is 25.6. The van der Waals surface area contributed by atoms with Crippen molar-refractivity contribution in [3.05, 3.63) is 138 Å². The van der Waals surface area contributed by atoms with Crippen molar-refractivity contribution in [2.45, 2.75) is 126 Å². The zero-order valence-corrected chi connectivity index (χ0v) is 54.2. The molecule has 0 saturated heterocycles. The van der Waals surface area contributed by atoms with Gasteiger partial charge in [0.2, 0.25) is 65.0 Å². The van der Waals surface area contributed by atoms with Crippen LogP contribution in [0.5, 0.6) is 5.75 Å². The Hall–Kier alpha value is -11.5. The van der Waals surface area contributed by atoms with Gasteiger partial charge >= 0.3 is 6.03 Å². The number of aromatic nitrogens is 1. The summed E-state index contributed by atoms with van der Waals surface area (Å²) >= 11 is 0. The van der Waals surface area contributed by atoms with Gasteiger partial charge in [0.25, 0.3) is 5.91 Å². The first-order valence-corrected chi connectivity index (χ1v) is 31.3. The molecule has 98 heavy (non-hydrogen) atoms. The second-order valence-electron chi connectivity index (χ2n) is 23.4. The molecule has 0 fully saturated rings. The van der Waals surface area contributed by atoms with Gasteiger partial charge in [-0.25, -0.2) is 4.79 Å². The van der Waals surface area contributed by atoms with E-state index in [1.807, 2.05) is 5.32 Å². The van der Waals surface area contributed by atoms with Gasteiger partial charge in [0, 0.05) is 50.0 Å². The molecule has 4 aromatic carbocycles. The molecule has 0 unspecified atom stereocenters. The van der Waals surface area contributed by atoms with Crippen molar-refractivity contribution in [1.29, 1.82) is 5.41 Å². The number of urea groups is 1. The van der Waals surface area contributed by atoms with Crippen LogP contribution in [0, 0.1) is 11.3 Å². The van der Waals surface area contributed by atoms with Gasteiger partial charge in [0.15, 0.2) is 5.96 Å². The zero-order valence-electron chi connectivity index (χ0n) is 54.2. The molecule has 5 rings (SSSR count). The van der Waals surface area contributed by atoms with Crippen molar-refractivity contribution >= 4 is 93.8 Å². The summed E-state index contributed by atoms with van der Waals surface area (Å²) in [5.74, 6) is -12.6. The van der Waals surface area contributed by atoms with Crippen LogP contribution >= 0.6 is 0 Å². The van der Waals surface area contributed by atoms with Crippen molar-refractivity contribution in [1.82, 2.24) is 68.8 Å². The number of phenolic OH excluding ortho intramolecular Hbond substituents is 1. The van der Waals surface area contributed by atoms with Crippen LogP contribution in [0.15, 0.2) is 115 Å². The molecule has 0 aliphatic rings. The topological polar surface area (TPSA) is 550 Å². The molecule has 1 heterocycles. The van der Waals surface area contributed by atoms with Crippen LogP contribution in [-0.4, -0.2) is 179 Å². The summed E-state index contributed by atoms with van der Waals surface area (Å²) in [4.78, 5) is 179. The fourth-order valence-corrected chi connectivity index (χ4v) is 10.00. The number of aliphatic hydroxyl groups is 1. The summed E-state index contributed by atoms with van der Waals surface area (Å²) in [5, 5.41) is 57.9. The Morgan fingerprint density at radius 2 is 0.980 bits per heavy atom. The maximum atomic E-state index is 14.4. The largest absolute Gasteiger partial charge is 0.508 e. The van der Waals surface area contributed by atoms with Gasteiger partial charge in [0.1, 0.15) is 54.1 Å². The van der Waals surface area contributed by atoms with Crippen LogP contribution in [0.2, 0.25) is 0 Å². The number of rotatable bonds is 38. The number of hydrogen-bond donors (Lipinski definition) is 20. The van der Waals surface area contributed by atoms with Gasteiger partial charge in [0.05, 0.1) is 32.0 Å². The molecule has 526 valence electrons. The normalized spacial score (nSPS) is 13.7. The third-order valence-corrected chi connectivity index (χ3v) is 15.1. The van der Waals surface area contributed by atoms with Gasteiger partial charge in [-0.15, -0.1) is 0 Å². The first-order chi connectivity index (χ1) is 46.6. The van der Waals surface area contributed by atoms with E-state index < -0.39 is 157 Å². The van der Waals surface area contributed by atoms with E-state index in [-0.39, 0.29) is 69.1 Å². The number of H-pyrrole nitrogens is 1. The van der Waals surface area contributed by atoms with E-state index in [4.69, 9.17) is 28.3 Å². The number of nitrogens with two attached hydrogens (primary N) is 4. The Bertz CT molecular complexity index is 3610. The van der Waals surface area contributed by atoms with E-state index in [1.165, 1.54) is 37.5 Å². The molecule has 33 heteroatoms. The lowest BCUT2D eigenvalue weighted by molar-refractivity contribution is -0.136. The number of guanidine groups is 1. The number of para-hydroxylation sites is 1. The molecule has 9 atom stereocenters. The molecule has 0 radical (unpaired) electrons. The summed E-state index contributed by atoms with van der Waals surface area (Å²) in [6.45, 7) is 1.74. The fraction of sp³-hybridized carbons (Fsp3) is 0.385. The Balaban J connectivity index is 1.27. The van der Waals surface area contributed by atoms with Crippen LogP contribution in [0.25, 0.3) is 10.9 Å². The average molecular weight is 1360 g/mol. The molecular formula is C65H86N18O15. The predicted molar refractivity (Wildman–Crippen MR) is 356 cm³/mol. The smallest absolute Gasteiger partial charge is 0.321 e. The van der Waals surface area contributed by atoms with Crippen LogP contribution in [0.3, 0.4) is 0 Å². The van der Waals surface area contributed by atoms with Crippen molar-refractivity contribution in [2.75, 3.05) is 26.7 Å². The minimum atomic E-state index is -1.94. The third kappa shape index (κ3) is 26.0. The molecule has 24 N–H and O–H groups in total. The highest BCUT2D eigenvalue weighted by molar-refractivity contribution is 6.02. The first kappa shape index (κ1) is 77.2. The standard InChI is InChI=1S/C65H86N18O15/c1-35(2)25-46(58(92)76-44(19-12-24-72-64(70)71-3)57(91)77-45(55(69)89)27-36-13-6-4-7-14-36)75-54(88)33-74-65(98)83-62(96)47(28-37-15-8-5-9-16-37)79-63(97)51(34-84)82-61(95)50(31-53(68)87)81-59(93)48(29-39-32-73-43-18-11-10-17-41(39)43)80-60(94)49(30-52(67)86)78-56(90)42(66)26-38-20-22-40(85)23-21-38/h4-11,13-18,20-23,32,35,42,44-51,73,84-85H,12,19,24-31,33-34,66H2,1-3H3,(H2,67,86)(H2,68,87)(H2,69,89)(H,75,88)(H,76,92)(H,77,91)(H,78,90)(H,79,97)(H,80,94)(H,81,93)(H,82,95)(H3,70,71,72)(H2,74,83,96,98)/t42-,44+,45+,46+,47+,48+,49+,50+,51+/m1/s1. The number of fused-ring (bicyclic) bond motifs is 1. The maximum Gasteiger partial charge on any atom is 0.321 e. The Labute approximate surface area is 563 Å². The Morgan fingerprint density at radius 1 is 0.510 bits per heavy atom. The molecule has 0 saturated carbocycles. The fourth-order valence-electron chi connectivity index (χ4n) is 10.00. The molecule has 33 nitrogen and oxygen atoms in total. The molecule has 1 aromatic heterocycles. The minimum absolute atomic E-state index is 0.000519. The molecule has 5 aromatic rings. The quantitative estimate of drug-likeness (QED) is 0.0102. The number of nitrogens with one attached hydrogen (secondary N) is 14. The highest BCUT2D eigenvalue weighted by Gasteiger charge is 2.36. The number of carbonyl (C=O) groups excluding carboxylic acids is 13. The van der Waals surface area contributed by atoms with Crippen LogP contribution < -0.4 is 86.7 Å². The number of amides is 14. The minimum Gasteiger partial charge on any atom is -0.508 e. The molecule has 0 bridgehead atoms. The van der Waals surface area contributed by atoms with Crippen LogP contribution in [0.1, 0.15) is 68.2 Å². The molecule has 14 amide bonds. The van der Waals surface area contributed by atoms with Crippen molar-refractivity contribution < 1.29 is 72.5 Å². The van der Waals surface area contributed by atoms with Crippen LogP contribution in [0.4, 0.5) is 4.79 Å². The van der Waals surface area contributed by atoms with E-state index >= 15 is 0 Å².